The Bertz CT molecular complexity index is 1320. The van der Waals surface area contributed by atoms with E-state index in [2.05, 4.69) is 64.6 Å². The predicted octanol–water partition coefficient (Wildman–Crippen LogP) is 6.01. The molecule has 3 atom stereocenters. The van der Waals surface area contributed by atoms with Gasteiger partial charge in [-0.05, 0) is 106 Å². The summed E-state index contributed by atoms with van der Waals surface area (Å²) in [5.41, 5.74) is 5.14. The van der Waals surface area contributed by atoms with Crippen LogP contribution in [0.2, 0.25) is 0 Å². The van der Waals surface area contributed by atoms with Crippen LogP contribution in [-0.4, -0.2) is 21.6 Å². The second kappa shape index (κ2) is 9.91. The zero-order chi connectivity index (χ0) is 25.2. The molecule has 1 aromatic heterocycles. The number of aliphatic hydroxyl groups is 1. The summed E-state index contributed by atoms with van der Waals surface area (Å²) in [6, 6.07) is 20.7. The molecule has 0 bridgehead atoms. The van der Waals surface area contributed by atoms with Crippen LogP contribution in [0.5, 0.6) is 0 Å². The first-order chi connectivity index (χ1) is 17.4. The number of fused-ring (bicyclic) bond motifs is 3. The van der Waals surface area contributed by atoms with Gasteiger partial charge in [-0.15, -0.1) is 5.92 Å². The van der Waals surface area contributed by atoms with Gasteiger partial charge in [0.2, 0.25) is 0 Å². The van der Waals surface area contributed by atoms with E-state index in [0.29, 0.717) is 24.3 Å². The molecule has 0 unspecified atom stereocenters. The minimum absolute atomic E-state index is 0.0796. The maximum Gasteiger partial charge on any atom is 0.255 e. The van der Waals surface area contributed by atoms with Gasteiger partial charge in [-0.1, -0.05) is 42.3 Å². The van der Waals surface area contributed by atoms with E-state index in [0.717, 1.165) is 43.5 Å². The molecule has 36 heavy (non-hydrogen) atoms. The summed E-state index contributed by atoms with van der Waals surface area (Å²) in [4.78, 5) is 17.4. The average molecular weight is 479 g/mol. The van der Waals surface area contributed by atoms with Crippen molar-refractivity contribution in [3.63, 3.8) is 0 Å². The summed E-state index contributed by atoms with van der Waals surface area (Å²) in [6.07, 6.45) is 7.93. The van der Waals surface area contributed by atoms with Crippen molar-refractivity contribution >= 4 is 11.6 Å². The number of aromatic nitrogens is 1. The summed E-state index contributed by atoms with van der Waals surface area (Å²) < 4.78 is 0. The molecule has 2 aliphatic rings. The second-order valence-electron chi connectivity index (χ2n) is 10.5. The van der Waals surface area contributed by atoms with Crippen LogP contribution in [0.3, 0.4) is 0 Å². The number of amides is 1. The average Bonchev–Trinajstić information content (AvgIpc) is 3.02. The highest BCUT2D eigenvalue weighted by molar-refractivity contribution is 6.04. The fourth-order valence-corrected chi connectivity index (χ4v) is 6.48. The van der Waals surface area contributed by atoms with E-state index in [1.165, 1.54) is 16.7 Å². The van der Waals surface area contributed by atoms with Crippen LogP contribution >= 0.6 is 0 Å². The van der Waals surface area contributed by atoms with E-state index in [1.54, 1.807) is 6.20 Å². The minimum atomic E-state index is -0.911. The molecular formula is C32H34N2O2. The van der Waals surface area contributed by atoms with Gasteiger partial charge >= 0.3 is 0 Å². The topological polar surface area (TPSA) is 62.2 Å². The Hall–Kier alpha value is -3.42. The summed E-state index contributed by atoms with van der Waals surface area (Å²) in [5.74, 6) is 6.31. The fraction of sp³-hybridized carbons (Fsp3) is 0.375. The number of carbonyl (C=O) groups is 1. The molecule has 2 aliphatic carbocycles. The summed E-state index contributed by atoms with van der Waals surface area (Å²) in [7, 11) is 0. The molecule has 4 nitrogen and oxygen atoms in total. The number of benzene rings is 2. The Morgan fingerprint density at radius 1 is 1.14 bits per heavy atom. The fourth-order valence-electron chi connectivity index (χ4n) is 6.48. The number of hydrogen-bond donors (Lipinski definition) is 2. The number of nitrogens with one attached hydrogen (secondary N) is 1. The van der Waals surface area contributed by atoms with Gasteiger partial charge in [-0.2, -0.15) is 0 Å². The van der Waals surface area contributed by atoms with Crippen molar-refractivity contribution in [3.8, 4) is 11.8 Å². The largest absolute Gasteiger partial charge is 0.378 e. The number of nitrogens with zero attached hydrogens (tertiary/aromatic N) is 1. The first kappa shape index (κ1) is 24.3. The Morgan fingerprint density at radius 2 is 1.97 bits per heavy atom. The molecule has 0 aliphatic heterocycles. The van der Waals surface area contributed by atoms with Crippen molar-refractivity contribution in [2.24, 2.45) is 5.92 Å². The lowest BCUT2D eigenvalue weighted by Crippen LogP contribution is -2.48. The van der Waals surface area contributed by atoms with E-state index in [9.17, 15) is 9.90 Å². The number of aryl methyl sites for hydroxylation is 2. The van der Waals surface area contributed by atoms with Crippen LogP contribution in [0.25, 0.3) is 0 Å². The van der Waals surface area contributed by atoms with Gasteiger partial charge in [0.25, 0.3) is 5.91 Å². The molecule has 2 N–H and O–H groups in total. The summed E-state index contributed by atoms with van der Waals surface area (Å²) in [5, 5.41) is 14.3. The Morgan fingerprint density at radius 3 is 2.75 bits per heavy atom. The molecule has 0 saturated heterocycles. The molecule has 1 saturated carbocycles. The maximum absolute atomic E-state index is 13.2. The lowest BCUT2D eigenvalue weighted by molar-refractivity contribution is -0.00358. The molecule has 0 radical (unpaired) electrons. The van der Waals surface area contributed by atoms with Gasteiger partial charge in [0, 0.05) is 17.2 Å². The third kappa shape index (κ3) is 4.68. The third-order valence-electron chi connectivity index (χ3n) is 8.23. The van der Waals surface area contributed by atoms with Crippen LogP contribution in [0.4, 0.5) is 5.69 Å². The van der Waals surface area contributed by atoms with Gasteiger partial charge < -0.3 is 10.4 Å². The number of anilines is 1. The van der Waals surface area contributed by atoms with Gasteiger partial charge in [-0.25, -0.2) is 0 Å². The molecule has 0 spiro atoms. The highest BCUT2D eigenvalue weighted by atomic mass is 16.3. The molecule has 1 heterocycles. The SMILES string of the molecule is CC#C[C@]1(O)CC[C@@]2(Cc3ccccc3)c3ccc(C(=O)Nc4cccnc4C)cc3CCC[C@H]2C1. The lowest BCUT2D eigenvalue weighted by atomic mass is 9.56. The van der Waals surface area contributed by atoms with E-state index in [1.807, 2.05) is 32.0 Å². The maximum atomic E-state index is 13.2. The summed E-state index contributed by atoms with van der Waals surface area (Å²) in [6.45, 7) is 3.71. The van der Waals surface area contributed by atoms with Crippen molar-refractivity contribution in [2.75, 3.05) is 5.32 Å². The molecule has 2 aromatic carbocycles. The van der Waals surface area contributed by atoms with Crippen molar-refractivity contribution in [1.82, 2.24) is 4.98 Å². The van der Waals surface area contributed by atoms with Crippen LogP contribution in [0.15, 0.2) is 66.9 Å². The van der Waals surface area contributed by atoms with E-state index in [4.69, 9.17) is 0 Å². The summed E-state index contributed by atoms with van der Waals surface area (Å²) >= 11 is 0. The number of hydrogen-bond acceptors (Lipinski definition) is 3. The highest BCUT2D eigenvalue weighted by Crippen LogP contribution is 2.53. The monoisotopic (exact) mass is 478 g/mol. The van der Waals surface area contributed by atoms with Crippen molar-refractivity contribution < 1.29 is 9.90 Å². The quantitative estimate of drug-likeness (QED) is 0.451. The van der Waals surface area contributed by atoms with Gasteiger partial charge in [0.1, 0.15) is 5.60 Å². The molecule has 5 rings (SSSR count). The minimum Gasteiger partial charge on any atom is -0.378 e. The molecule has 1 fully saturated rings. The van der Waals surface area contributed by atoms with Crippen LogP contribution in [0, 0.1) is 24.7 Å². The van der Waals surface area contributed by atoms with Crippen LogP contribution in [0.1, 0.15) is 71.8 Å². The first-order valence-electron chi connectivity index (χ1n) is 13.0. The van der Waals surface area contributed by atoms with Crippen molar-refractivity contribution in [1.29, 1.82) is 0 Å². The van der Waals surface area contributed by atoms with Crippen LogP contribution in [-0.2, 0) is 18.3 Å². The standard InChI is InChI=1S/C32H34N2O2/c1-3-16-31(36)17-18-32(21-24-9-5-4-6-10-24)27(22-31)12-7-11-25-20-26(14-15-28(25)32)30(35)34-29-13-8-19-33-23(29)2/h4-6,8-10,13-15,19-20,27,36H,7,11-12,17-18,21-22H2,1-2H3,(H,34,35)/t27-,31-,32-/m0/s1. The molecule has 184 valence electrons. The Balaban J connectivity index is 1.53. The van der Waals surface area contributed by atoms with E-state index in [-0.39, 0.29) is 11.3 Å². The number of carbonyl (C=O) groups excluding carboxylic acids is 1. The zero-order valence-electron chi connectivity index (χ0n) is 21.2. The second-order valence-corrected chi connectivity index (χ2v) is 10.5. The van der Waals surface area contributed by atoms with Gasteiger partial charge in [0.15, 0.2) is 0 Å². The van der Waals surface area contributed by atoms with E-state index < -0.39 is 5.60 Å². The Kier molecular flexibility index (Phi) is 6.69. The zero-order valence-corrected chi connectivity index (χ0v) is 21.2. The van der Waals surface area contributed by atoms with Gasteiger partial charge in [-0.3, -0.25) is 9.78 Å². The molecule has 1 amide bonds. The van der Waals surface area contributed by atoms with Crippen molar-refractivity contribution in [2.45, 2.75) is 69.8 Å². The first-order valence-corrected chi connectivity index (χ1v) is 13.0. The smallest absolute Gasteiger partial charge is 0.255 e. The van der Waals surface area contributed by atoms with Crippen LogP contribution < -0.4 is 5.32 Å². The third-order valence-corrected chi connectivity index (χ3v) is 8.23. The number of pyridine rings is 1. The lowest BCUT2D eigenvalue weighted by Gasteiger charge is -2.49. The number of rotatable bonds is 4. The molecule has 4 heteroatoms. The predicted molar refractivity (Wildman–Crippen MR) is 144 cm³/mol. The molecule has 3 aromatic rings. The van der Waals surface area contributed by atoms with Gasteiger partial charge in [0.05, 0.1) is 11.4 Å². The normalized spacial score (nSPS) is 24.9. The molecular weight excluding hydrogens is 444 g/mol. The highest BCUT2D eigenvalue weighted by Gasteiger charge is 2.50. The van der Waals surface area contributed by atoms with E-state index >= 15 is 0 Å². The Labute approximate surface area is 214 Å². The van der Waals surface area contributed by atoms with Crippen molar-refractivity contribution in [3.05, 3.63) is 94.8 Å².